The van der Waals surface area contributed by atoms with Crippen LogP contribution in [0.3, 0.4) is 0 Å². The van der Waals surface area contributed by atoms with Crippen LogP contribution in [0.5, 0.6) is 0 Å². The average molecular weight is 391 g/mol. The van der Waals surface area contributed by atoms with Crippen molar-refractivity contribution in [1.29, 1.82) is 0 Å². The van der Waals surface area contributed by atoms with Crippen LogP contribution >= 0.6 is 11.3 Å². The van der Waals surface area contributed by atoms with Crippen molar-refractivity contribution < 1.29 is 9.21 Å². The van der Waals surface area contributed by atoms with Gasteiger partial charge in [-0.3, -0.25) is 4.79 Å². The molecule has 4 rings (SSSR count). The van der Waals surface area contributed by atoms with E-state index in [1.807, 2.05) is 39.8 Å². The number of furan rings is 1. The van der Waals surface area contributed by atoms with Crippen LogP contribution in [0.15, 0.2) is 34.9 Å². The number of carbonyl (C=O) groups is 1. The van der Waals surface area contributed by atoms with Crippen LogP contribution in [-0.4, -0.2) is 15.9 Å². The average Bonchev–Trinajstić information content (AvgIpc) is 3.26. The number of hydrogen-bond acceptors (Lipinski definition) is 5. The van der Waals surface area contributed by atoms with Gasteiger partial charge in [0.25, 0.3) is 5.91 Å². The van der Waals surface area contributed by atoms with Gasteiger partial charge < -0.3 is 9.73 Å². The Hall–Kier alpha value is -2.99. The number of anilines is 1. The monoisotopic (exact) mass is 391 g/mol. The molecule has 5 nitrogen and oxygen atoms in total. The van der Waals surface area contributed by atoms with E-state index in [9.17, 15) is 4.79 Å². The van der Waals surface area contributed by atoms with Crippen molar-refractivity contribution in [3.8, 4) is 11.6 Å². The fourth-order valence-electron chi connectivity index (χ4n) is 3.62. The molecule has 6 heteroatoms. The summed E-state index contributed by atoms with van der Waals surface area (Å²) in [6.07, 6.45) is 1.60. The first-order valence-corrected chi connectivity index (χ1v) is 9.87. The minimum absolute atomic E-state index is 0.116. The summed E-state index contributed by atoms with van der Waals surface area (Å²) in [7, 11) is 0. The van der Waals surface area contributed by atoms with E-state index in [-0.39, 0.29) is 5.91 Å². The standard InChI is InChI=1S/C22H21N3O2S/c1-11-9-12(2)18(13(3)10-11)24-21(26)19-14(4)17-15(5)23-20(25-22(17)28-19)16-7-6-8-27-16/h6-10H,1-5H3,(H,24,26). The number of nitrogens with zero attached hydrogens (tertiary/aromatic N) is 2. The van der Waals surface area contributed by atoms with E-state index in [2.05, 4.69) is 34.3 Å². The van der Waals surface area contributed by atoms with Crippen molar-refractivity contribution in [3.05, 3.63) is 63.4 Å². The Balaban J connectivity index is 1.76. The van der Waals surface area contributed by atoms with Gasteiger partial charge in [-0.1, -0.05) is 17.7 Å². The zero-order chi connectivity index (χ0) is 20.0. The number of hydrogen-bond donors (Lipinski definition) is 1. The van der Waals surface area contributed by atoms with Crippen LogP contribution in [0.25, 0.3) is 21.8 Å². The molecule has 3 aromatic heterocycles. The van der Waals surface area contributed by atoms with Gasteiger partial charge in [-0.2, -0.15) is 0 Å². The fraction of sp³-hybridized carbons (Fsp3) is 0.227. The number of aromatic nitrogens is 2. The maximum absolute atomic E-state index is 13.1. The summed E-state index contributed by atoms with van der Waals surface area (Å²) in [5.41, 5.74) is 5.91. The van der Waals surface area contributed by atoms with Gasteiger partial charge >= 0.3 is 0 Å². The molecule has 0 spiro atoms. The van der Waals surface area contributed by atoms with Gasteiger partial charge in [-0.05, 0) is 63.4 Å². The minimum Gasteiger partial charge on any atom is -0.461 e. The van der Waals surface area contributed by atoms with E-state index in [4.69, 9.17) is 4.42 Å². The molecule has 0 saturated carbocycles. The van der Waals surface area contributed by atoms with Crippen LogP contribution in [-0.2, 0) is 0 Å². The third-order valence-corrected chi connectivity index (χ3v) is 6.02. The second-order valence-corrected chi connectivity index (χ2v) is 8.07. The number of nitrogens with one attached hydrogen (secondary N) is 1. The predicted octanol–water partition coefficient (Wildman–Crippen LogP) is 5.75. The van der Waals surface area contributed by atoms with Crippen molar-refractivity contribution in [1.82, 2.24) is 9.97 Å². The lowest BCUT2D eigenvalue weighted by atomic mass is 10.0. The lowest BCUT2D eigenvalue weighted by molar-refractivity contribution is 0.103. The summed E-state index contributed by atoms with van der Waals surface area (Å²) in [5, 5.41) is 4.02. The summed E-state index contributed by atoms with van der Waals surface area (Å²) in [6, 6.07) is 7.79. The number of thiophene rings is 1. The van der Waals surface area contributed by atoms with Crippen LogP contribution in [0, 0.1) is 34.6 Å². The largest absolute Gasteiger partial charge is 0.461 e. The summed E-state index contributed by atoms with van der Waals surface area (Å²) in [4.78, 5) is 23.7. The predicted molar refractivity (Wildman–Crippen MR) is 113 cm³/mol. The summed E-state index contributed by atoms with van der Waals surface area (Å²) >= 11 is 1.39. The number of fused-ring (bicyclic) bond motifs is 1. The summed E-state index contributed by atoms with van der Waals surface area (Å²) in [5.74, 6) is 1.04. The lowest BCUT2D eigenvalue weighted by Gasteiger charge is -2.12. The van der Waals surface area contributed by atoms with E-state index < -0.39 is 0 Å². The summed E-state index contributed by atoms with van der Waals surface area (Å²) in [6.45, 7) is 9.97. The highest BCUT2D eigenvalue weighted by molar-refractivity contribution is 7.20. The summed E-state index contributed by atoms with van der Waals surface area (Å²) < 4.78 is 5.42. The molecule has 0 fully saturated rings. The highest BCUT2D eigenvalue weighted by Crippen LogP contribution is 2.34. The van der Waals surface area contributed by atoms with Crippen LogP contribution in [0.2, 0.25) is 0 Å². The molecule has 1 amide bonds. The molecule has 0 saturated heterocycles. The van der Waals surface area contributed by atoms with E-state index in [0.29, 0.717) is 16.5 Å². The molecule has 0 unspecified atom stereocenters. The molecule has 0 bridgehead atoms. The first kappa shape index (κ1) is 18.4. The third-order valence-electron chi connectivity index (χ3n) is 4.83. The van der Waals surface area contributed by atoms with Crippen molar-refractivity contribution in [3.63, 3.8) is 0 Å². The van der Waals surface area contributed by atoms with Gasteiger partial charge in [0.2, 0.25) is 0 Å². The third kappa shape index (κ3) is 3.10. The smallest absolute Gasteiger partial charge is 0.266 e. The number of carbonyl (C=O) groups excluding carboxylic acids is 1. The number of benzene rings is 1. The van der Waals surface area contributed by atoms with Crippen molar-refractivity contribution in [2.75, 3.05) is 5.32 Å². The van der Waals surface area contributed by atoms with E-state index in [1.165, 1.54) is 16.9 Å². The van der Waals surface area contributed by atoms with Gasteiger partial charge in [-0.15, -0.1) is 11.3 Å². The van der Waals surface area contributed by atoms with Crippen molar-refractivity contribution >= 4 is 33.1 Å². The molecule has 1 aromatic carbocycles. The van der Waals surface area contributed by atoms with Gasteiger partial charge in [0.15, 0.2) is 11.6 Å². The zero-order valence-corrected chi connectivity index (χ0v) is 17.3. The molecule has 1 N–H and O–H groups in total. The lowest BCUT2D eigenvalue weighted by Crippen LogP contribution is -2.13. The Kier molecular flexibility index (Phi) is 4.51. The second-order valence-electron chi connectivity index (χ2n) is 7.07. The highest BCUT2D eigenvalue weighted by Gasteiger charge is 2.21. The van der Waals surface area contributed by atoms with Crippen LogP contribution in [0.1, 0.15) is 37.6 Å². The molecule has 3 heterocycles. The van der Waals surface area contributed by atoms with Crippen LogP contribution < -0.4 is 5.32 Å². The molecule has 0 aliphatic heterocycles. The molecule has 0 aliphatic rings. The first-order chi connectivity index (χ1) is 13.3. The van der Waals surface area contributed by atoms with E-state index in [1.54, 1.807) is 6.26 Å². The Morgan fingerprint density at radius 3 is 2.43 bits per heavy atom. The fourth-order valence-corrected chi connectivity index (χ4v) is 4.75. The quantitative estimate of drug-likeness (QED) is 0.483. The van der Waals surface area contributed by atoms with Gasteiger partial charge in [0, 0.05) is 11.1 Å². The van der Waals surface area contributed by atoms with Crippen LogP contribution in [0.4, 0.5) is 5.69 Å². The topological polar surface area (TPSA) is 68.0 Å². The minimum atomic E-state index is -0.116. The molecule has 0 atom stereocenters. The highest BCUT2D eigenvalue weighted by atomic mass is 32.1. The van der Waals surface area contributed by atoms with Gasteiger partial charge in [-0.25, -0.2) is 9.97 Å². The molecular weight excluding hydrogens is 370 g/mol. The van der Waals surface area contributed by atoms with Crippen molar-refractivity contribution in [2.24, 2.45) is 0 Å². The molecule has 28 heavy (non-hydrogen) atoms. The Morgan fingerprint density at radius 2 is 1.79 bits per heavy atom. The molecular formula is C22H21N3O2S. The first-order valence-electron chi connectivity index (χ1n) is 9.06. The molecule has 0 aliphatic carbocycles. The SMILES string of the molecule is Cc1cc(C)c(NC(=O)c2sc3nc(-c4ccco4)nc(C)c3c2C)c(C)c1. The molecule has 4 aromatic rings. The van der Waals surface area contributed by atoms with Gasteiger partial charge in [0.1, 0.15) is 4.83 Å². The number of rotatable bonds is 3. The maximum Gasteiger partial charge on any atom is 0.266 e. The molecule has 0 radical (unpaired) electrons. The second kappa shape index (κ2) is 6.87. The normalized spacial score (nSPS) is 11.2. The maximum atomic E-state index is 13.1. The molecule has 142 valence electrons. The Labute approximate surface area is 167 Å². The number of aryl methyl sites for hydroxylation is 5. The van der Waals surface area contributed by atoms with E-state index >= 15 is 0 Å². The Morgan fingerprint density at radius 1 is 1.07 bits per heavy atom. The van der Waals surface area contributed by atoms with Gasteiger partial charge in [0.05, 0.1) is 16.8 Å². The number of amides is 1. The Bertz CT molecular complexity index is 1180. The zero-order valence-electron chi connectivity index (χ0n) is 16.5. The van der Waals surface area contributed by atoms with E-state index in [0.717, 1.165) is 38.3 Å². The van der Waals surface area contributed by atoms with Crippen molar-refractivity contribution in [2.45, 2.75) is 34.6 Å².